The highest BCUT2D eigenvalue weighted by Gasteiger charge is 2.12. The molecular weight excluding hydrogens is 282 g/mol. The van der Waals surface area contributed by atoms with Crippen LogP contribution in [0.25, 0.3) is 0 Å². The largest absolute Gasteiger partial charge is 0.472 e. The Morgan fingerprint density at radius 1 is 1.18 bits per heavy atom. The van der Waals surface area contributed by atoms with E-state index in [1.807, 2.05) is 6.92 Å². The molecule has 0 aliphatic carbocycles. The maximum Gasteiger partial charge on any atom is 0.258 e. The third kappa shape index (κ3) is 4.20. The van der Waals surface area contributed by atoms with Gasteiger partial charge in [-0.25, -0.2) is 0 Å². The summed E-state index contributed by atoms with van der Waals surface area (Å²) in [5.41, 5.74) is 1.68. The molecule has 0 saturated heterocycles. The minimum atomic E-state index is -0.263. The lowest BCUT2D eigenvalue weighted by Crippen LogP contribution is -2.28. The third-order valence-electron chi connectivity index (χ3n) is 3.13. The number of carbonyl (C=O) groups excluding carboxylic acids is 2. The van der Waals surface area contributed by atoms with Gasteiger partial charge in [0.05, 0.1) is 11.8 Å². The van der Waals surface area contributed by atoms with Crippen LogP contribution in [0.4, 0.5) is 11.4 Å². The molecule has 3 N–H and O–H groups in total. The first-order valence-corrected chi connectivity index (χ1v) is 6.99. The van der Waals surface area contributed by atoms with Crippen LogP contribution in [0, 0.1) is 5.92 Å². The molecule has 0 spiro atoms. The van der Waals surface area contributed by atoms with Crippen molar-refractivity contribution in [3.63, 3.8) is 0 Å². The number of benzene rings is 1. The van der Waals surface area contributed by atoms with Crippen molar-refractivity contribution in [1.29, 1.82) is 0 Å². The summed E-state index contributed by atoms with van der Waals surface area (Å²) in [5.74, 6) is -0.484. The molecule has 2 amide bonds. The molecule has 1 unspecified atom stereocenters. The first kappa shape index (κ1) is 15.8. The average molecular weight is 301 g/mol. The number of anilines is 2. The number of rotatable bonds is 6. The summed E-state index contributed by atoms with van der Waals surface area (Å²) in [5, 5.41) is 8.54. The molecule has 0 fully saturated rings. The maximum absolute atomic E-state index is 12.0. The highest BCUT2D eigenvalue weighted by atomic mass is 16.3. The Labute approximate surface area is 128 Å². The van der Waals surface area contributed by atoms with Crippen molar-refractivity contribution in [2.75, 3.05) is 24.2 Å². The first-order chi connectivity index (χ1) is 10.6. The molecule has 1 heterocycles. The SMILES string of the molecule is CNCC(C)C(=O)Nc1cccc(NC(=O)c2ccoc2)c1. The zero-order valence-corrected chi connectivity index (χ0v) is 12.6. The summed E-state index contributed by atoms with van der Waals surface area (Å²) in [6.07, 6.45) is 2.81. The van der Waals surface area contributed by atoms with Gasteiger partial charge < -0.3 is 20.4 Å². The van der Waals surface area contributed by atoms with Gasteiger partial charge in [0.2, 0.25) is 5.91 Å². The molecule has 2 aromatic rings. The highest BCUT2D eigenvalue weighted by molar-refractivity contribution is 6.04. The Hall–Kier alpha value is -2.60. The molecule has 0 aliphatic heterocycles. The zero-order chi connectivity index (χ0) is 15.9. The van der Waals surface area contributed by atoms with E-state index in [9.17, 15) is 9.59 Å². The second kappa shape index (κ2) is 7.42. The van der Waals surface area contributed by atoms with Gasteiger partial charge in [-0.2, -0.15) is 0 Å². The quantitative estimate of drug-likeness (QED) is 0.764. The Bertz CT molecular complexity index is 638. The van der Waals surface area contributed by atoms with E-state index in [-0.39, 0.29) is 17.7 Å². The number of hydrogen-bond acceptors (Lipinski definition) is 4. The van der Waals surface area contributed by atoms with Gasteiger partial charge >= 0.3 is 0 Å². The summed E-state index contributed by atoms with van der Waals surface area (Å²) in [6.45, 7) is 2.44. The van der Waals surface area contributed by atoms with E-state index in [1.165, 1.54) is 12.5 Å². The Morgan fingerprint density at radius 3 is 2.55 bits per heavy atom. The van der Waals surface area contributed by atoms with E-state index in [0.29, 0.717) is 23.5 Å². The topological polar surface area (TPSA) is 83.4 Å². The van der Waals surface area contributed by atoms with Gasteiger partial charge in [0.15, 0.2) is 0 Å². The predicted octanol–water partition coefficient (Wildman–Crippen LogP) is 2.33. The van der Waals surface area contributed by atoms with Crippen molar-refractivity contribution in [3.05, 3.63) is 48.4 Å². The molecule has 0 aliphatic rings. The van der Waals surface area contributed by atoms with Gasteiger partial charge in [-0.1, -0.05) is 13.0 Å². The van der Waals surface area contributed by atoms with Crippen molar-refractivity contribution < 1.29 is 14.0 Å². The molecule has 22 heavy (non-hydrogen) atoms. The minimum Gasteiger partial charge on any atom is -0.472 e. The predicted molar refractivity (Wildman–Crippen MR) is 84.8 cm³/mol. The second-order valence-electron chi connectivity index (χ2n) is 4.99. The van der Waals surface area contributed by atoms with Crippen molar-refractivity contribution in [2.45, 2.75) is 6.92 Å². The van der Waals surface area contributed by atoms with Crippen LogP contribution in [0.3, 0.4) is 0 Å². The molecule has 0 bridgehead atoms. The van der Waals surface area contributed by atoms with E-state index in [0.717, 1.165) is 0 Å². The van der Waals surface area contributed by atoms with Gasteiger partial charge in [0, 0.05) is 23.8 Å². The molecule has 0 radical (unpaired) electrons. The van der Waals surface area contributed by atoms with Crippen LogP contribution in [0.15, 0.2) is 47.3 Å². The lowest BCUT2D eigenvalue weighted by atomic mass is 10.1. The molecule has 1 aromatic heterocycles. The number of nitrogens with one attached hydrogen (secondary N) is 3. The van der Waals surface area contributed by atoms with Crippen molar-refractivity contribution in [3.8, 4) is 0 Å². The lowest BCUT2D eigenvalue weighted by molar-refractivity contribution is -0.119. The van der Waals surface area contributed by atoms with Crippen molar-refractivity contribution in [2.24, 2.45) is 5.92 Å². The lowest BCUT2D eigenvalue weighted by Gasteiger charge is -2.12. The minimum absolute atomic E-state index is 0.0762. The molecule has 116 valence electrons. The van der Waals surface area contributed by atoms with Crippen molar-refractivity contribution in [1.82, 2.24) is 5.32 Å². The highest BCUT2D eigenvalue weighted by Crippen LogP contribution is 2.17. The van der Waals surface area contributed by atoms with Gasteiger partial charge in [-0.3, -0.25) is 9.59 Å². The fourth-order valence-electron chi connectivity index (χ4n) is 1.94. The van der Waals surface area contributed by atoms with Gasteiger partial charge in [0.25, 0.3) is 5.91 Å². The third-order valence-corrected chi connectivity index (χ3v) is 3.13. The molecule has 6 nitrogen and oxygen atoms in total. The molecule has 1 atom stereocenters. The van der Waals surface area contributed by atoms with Crippen LogP contribution in [0.5, 0.6) is 0 Å². The summed E-state index contributed by atoms with van der Waals surface area (Å²) < 4.78 is 4.88. The van der Waals surface area contributed by atoms with E-state index in [1.54, 1.807) is 37.4 Å². The zero-order valence-electron chi connectivity index (χ0n) is 12.6. The standard InChI is InChI=1S/C16H19N3O3/c1-11(9-17-2)15(20)18-13-4-3-5-14(8-13)19-16(21)12-6-7-22-10-12/h3-8,10-11,17H,9H2,1-2H3,(H,18,20)(H,19,21). The van der Waals surface area contributed by atoms with Gasteiger partial charge in [-0.15, -0.1) is 0 Å². The first-order valence-electron chi connectivity index (χ1n) is 6.99. The van der Waals surface area contributed by atoms with Crippen molar-refractivity contribution >= 4 is 23.2 Å². The fraction of sp³-hybridized carbons (Fsp3) is 0.250. The summed E-state index contributed by atoms with van der Waals surface area (Å²) in [4.78, 5) is 23.9. The molecule has 1 aromatic carbocycles. The van der Waals surface area contributed by atoms with Crippen LogP contribution in [0.1, 0.15) is 17.3 Å². The van der Waals surface area contributed by atoms with E-state index < -0.39 is 0 Å². The van der Waals surface area contributed by atoms with Crippen LogP contribution in [-0.4, -0.2) is 25.4 Å². The fourth-order valence-corrected chi connectivity index (χ4v) is 1.94. The normalized spacial score (nSPS) is 11.7. The number of furan rings is 1. The second-order valence-corrected chi connectivity index (χ2v) is 4.99. The monoisotopic (exact) mass is 301 g/mol. The number of hydrogen-bond donors (Lipinski definition) is 3. The number of carbonyl (C=O) groups is 2. The Kier molecular flexibility index (Phi) is 5.32. The van der Waals surface area contributed by atoms with Crippen LogP contribution >= 0.6 is 0 Å². The van der Waals surface area contributed by atoms with E-state index in [4.69, 9.17) is 4.42 Å². The number of amides is 2. The maximum atomic E-state index is 12.0. The van der Waals surface area contributed by atoms with Gasteiger partial charge in [-0.05, 0) is 31.3 Å². The van der Waals surface area contributed by atoms with Crippen LogP contribution in [0.2, 0.25) is 0 Å². The molecule has 6 heteroatoms. The molecular formula is C16H19N3O3. The summed E-state index contributed by atoms with van der Waals surface area (Å²) in [6, 6.07) is 8.59. The smallest absolute Gasteiger partial charge is 0.258 e. The van der Waals surface area contributed by atoms with E-state index in [2.05, 4.69) is 16.0 Å². The Balaban J connectivity index is 2.01. The average Bonchev–Trinajstić information content (AvgIpc) is 3.02. The Morgan fingerprint density at radius 2 is 1.91 bits per heavy atom. The van der Waals surface area contributed by atoms with Crippen LogP contribution in [-0.2, 0) is 4.79 Å². The summed E-state index contributed by atoms with van der Waals surface area (Å²) >= 11 is 0. The molecule has 0 saturated carbocycles. The molecule has 2 rings (SSSR count). The van der Waals surface area contributed by atoms with E-state index >= 15 is 0 Å². The van der Waals surface area contributed by atoms with Gasteiger partial charge in [0.1, 0.15) is 6.26 Å². The summed E-state index contributed by atoms with van der Waals surface area (Å²) in [7, 11) is 1.80. The van der Waals surface area contributed by atoms with Crippen LogP contribution < -0.4 is 16.0 Å².